The van der Waals surface area contributed by atoms with Crippen LogP contribution in [0.5, 0.6) is 0 Å². The van der Waals surface area contributed by atoms with Gasteiger partial charge in [0.25, 0.3) is 11.8 Å². The molecular weight excluding hydrogens is 375 g/mol. The van der Waals surface area contributed by atoms with Crippen LogP contribution in [-0.4, -0.2) is 27.9 Å². The van der Waals surface area contributed by atoms with Crippen molar-refractivity contribution in [2.75, 3.05) is 11.9 Å². The first kappa shape index (κ1) is 18.5. The molecule has 1 aliphatic rings. The number of hydrogen-bond donors (Lipinski definition) is 2. The third-order valence-corrected chi connectivity index (χ3v) is 4.96. The fraction of sp³-hybridized carbons (Fsp3) is 0.278. The van der Waals surface area contributed by atoms with E-state index in [4.69, 9.17) is 23.2 Å². The molecule has 0 bridgehead atoms. The summed E-state index contributed by atoms with van der Waals surface area (Å²) in [5.41, 5.74) is 1.46. The number of anilines is 1. The molecule has 1 aromatic heterocycles. The number of benzene rings is 1. The fourth-order valence-corrected chi connectivity index (χ4v) is 3.27. The molecule has 6 nitrogen and oxygen atoms in total. The van der Waals surface area contributed by atoms with E-state index < -0.39 is 5.91 Å². The normalized spacial score (nSPS) is 13.0. The molecule has 0 saturated carbocycles. The van der Waals surface area contributed by atoms with Crippen LogP contribution in [0.2, 0.25) is 10.0 Å². The van der Waals surface area contributed by atoms with Gasteiger partial charge in [-0.2, -0.15) is 0 Å². The van der Waals surface area contributed by atoms with Gasteiger partial charge < -0.3 is 15.2 Å². The Morgan fingerprint density at radius 2 is 2.08 bits per heavy atom. The largest absolute Gasteiger partial charge is 0.347 e. The van der Waals surface area contributed by atoms with Crippen molar-refractivity contribution in [3.8, 4) is 0 Å². The molecule has 0 unspecified atom stereocenters. The third kappa shape index (κ3) is 3.61. The Labute approximate surface area is 161 Å². The summed E-state index contributed by atoms with van der Waals surface area (Å²) < 4.78 is 1.81. The van der Waals surface area contributed by atoms with Crippen LogP contribution in [0.15, 0.2) is 30.9 Å². The molecule has 0 aliphatic carbocycles. The maximum Gasteiger partial charge on any atom is 0.291 e. The van der Waals surface area contributed by atoms with Gasteiger partial charge in [-0.15, -0.1) is 6.58 Å². The molecule has 8 heteroatoms. The van der Waals surface area contributed by atoms with E-state index in [1.165, 1.54) is 0 Å². The van der Waals surface area contributed by atoms with Gasteiger partial charge in [0.1, 0.15) is 5.69 Å². The van der Waals surface area contributed by atoms with Crippen LogP contribution in [0.4, 0.5) is 5.69 Å². The Balaban J connectivity index is 1.92. The van der Waals surface area contributed by atoms with Crippen LogP contribution in [-0.2, 0) is 13.0 Å². The molecule has 136 valence electrons. The quantitative estimate of drug-likeness (QED) is 0.761. The second-order valence-corrected chi connectivity index (χ2v) is 6.68. The highest BCUT2D eigenvalue weighted by Gasteiger charge is 2.27. The number of fused-ring (bicyclic) bond motifs is 1. The highest BCUT2D eigenvalue weighted by atomic mass is 35.5. The van der Waals surface area contributed by atoms with Gasteiger partial charge in [0.15, 0.2) is 5.82 Å². The lowest BCUT2D eigenvalue weighted by molar-refractivity contribution is 0.0952. The predicted octanol–water partition coefficient (Wildman–Crippen LogP) is 3.69. The van der Waals surface area contributed by atoms with Gasteiger partial charge in [-0.3, -0.25) is 9.59 Å². The lowest BCUT2D eigenvalue weighted by atomic mass is 10.1. The maximum absolute atomic E-state index is 12.8. The summed E-state index contributed by atoms with van der Waals surface area (Å²) in [5.74, 6) is -0.546. The highest BCUT2D eigenvalue weighted by molar-refractivity contribution is 6.44. The number of nitrogens with one attached hydrogen (secondary N) is 2. The monoisotopic (exact) mass is 392 g/mol. The maximum atomic E-state index is 12.8. The van der Waals surface area contributed by atoms with Crippen molar-refractivity contribution < 1.29 is 9.59 Å². The minimum absolute atomic E-state index is 0.194. The van der Waals surface area contributed by atoms with Gasteiger partial charge in [0.05, 0.1) is 21.4 Å². The zero-order valence-corrected chi connectivity index (χ0v) is 15.5. The van der Waals surface area contributed by atoms with E-state index in [1.54, 1.807) is 28.8 Å². The Morgan fingerprint density at radius 3 is 2.85 bits per heavy atom. The number of hydrogen-bond acceptors (Lipinski definition) is 3. The van der Waals surface area contributed by atoms with E-state index in [1.807, 2.05) is 0 Å². The molecule has 0 radical (unpaired) electrons. The summed E-state index contributed by atoms with van der Waals surface area (Å²) in [4.78, 5) is 29.4. The van der Waals surface area contributed by atoms with Crippen LogP contribution in [0.1, 0.15) is 39.6 Å². The summed E-state index contributed by atoms with van der Waals surface area (Å²) in [6, 6.07) is 4.99. The Morgan fingerprint density at radius 1 is 1.27 bits per heavy atom. The molecule has 0 saturated heterocycles. The smallest absolute Gasteiger partial charge is 0.291 e. The molecule has 1 aliphatic heterocycles. The molecule has 26 heavy (non-hydrogen) atoms. The van der Waals surface area contributed by atoms with Crippen molar-refractivity contribution in [1.82, 2.24) is 14.9 Å². The second-order valence-electron chi connectivity index (χ2n) is 5.89. The standard InChI is InChI=1S/C18H18Cl2N4O2/c1-2-9-21-17(25)15-13-8-3-4-10-24(13)16(23-15)18(26)22-12-7-5-6-11(19)14(12)20/h2,5-7H,1,3-4,8-10H2,(H,21,25)(H,22,26). The van der Waals surface area contributed by atoms with Crippen molar-refractivity contribution in [3.05, 3.63) is 58.1 Å². The molecule has 2 heterocycles. The van der Waals surface area contributed by atoms with Crippen LogP contribution >= 0.6 is 23.2 Å². The van der Waals surface area contributed by atoms with Gasteiger partial charge >= 0.3 is 0 Å². The third-order valence-electron chi connectivity index (χ3n) is 4.14. The lowest BCUT2D eigenvalue weighted by Crippen LogP contribution is -2.25. The van der Waals surface area contributed by atoms with E-state index in [-0.39, 0.29) is 22.4 Å². The number of imidazole rings is 1. The summed E-state index contributed by atoms with van der Waals surface area (Å²) >= 11 is 12.1. The number of carbonyl (C=O) groups excluding carboxylic acids is 2. The topological polar surface area (TPSA) is 76.0 Å². The number of aromatic nitrogens is 2. The van der Waals surface area contributed by atoms with Gasteiger partial charge in [-0.1, -0.05) is 35.3 Å². The first-order chi connectivity index (χ1) is 12.5. The first-order valence-corrected chi connectivity index (χ1v) is 9.02. The minimum Gasteiger partial charge on any atom is -0.347 e. The van der Waals surface area contributed by atoms with Gasteiger partial charge in [0, 0.05) is 13.1 Å². The molecule has 0 atom stereocenters. The van der Waals surface area contributed by atoms with Crippen LogP contribution in [0.3, 0.4) is 0 Å². The number of rotatable bonds is 5. The first-order valence-electron chi connectivity index (χ1n) is 8.26. The average Bonchev–Trinajstić information content (AvgIpc) is 3.03. The van der Waals surface area contributed by atoms with Crippen molar-refractivity contribution in [1.29, 1.82) is 0 Å². The minimum atomic E-state index is -0.430. The average molecular weight is 393 g/mol. The van der Waals surface area contributed by atoms with E-state index in [9.17, 15) is 9.59 Å². The zero-order chi connectivity index (χ0) is 18.7. The number of carbonyl (C=O) groups is 2. The van der Waals surface area contributed by atoms with Crippen molar-refractivity contribution in [3.63, 3.8) is 0 Å². The van der Waals surface area contributed by atoms with Crippen molar-refractivity contribution >= 4 is 40.7 Å². The highest BCUT2D eigenvalue weighted by Crippen LogP contribution is 2.30. The van der Waals surface area contributed by atoms with Crippen molar-refractivity contribution in [2.45, 2.75) is 25.8 Å². The Bertz CT molecular complexity index is 876. The van der Waals surface area contributed by atoms with E-state index in [0.717, 1.165) is 18.5 Å². The van der Waals surface area contributed by atoms with E-state index >= 15 is 0 Å². The number of nitrogens with zero attached hydrogens (tertiary/aromatic N) is 2. The van der Waals surface area contributed by atoms with Gasteiger partial charge in [0.2, 0.25) is 0 Å². The van der Waals surface area contributed by atoms with E-state index in [2.05, 4.69) is 22.2 Å². The van der Waals surface area contributed by atoms with Gasteiger partial charge in [-0.25, -0.2) is 4.98 Å². The molecule has 0 fully saturated rings. The summed E-state index contributed by atoms with van der Waals surface area (Å²) in [7, 11) is 0. The summed E-state index contributed by atoms with van der Waals surface area (Å²) in [6.45, 7) is 4.56. The Hall–Kier alpha value is -2.31. The molecule has 3 rings (SSSR count). The fourth-order valence-electron chi connectivity index (χ4n) is 2.93. The van der Waals surface area contributed by atoms with E-state index in [0.29, 0.717) is 30.2 Å². The molecule has 2 amide bonds. The molecule has 2 aromatic rings. The summed E-state index contributed by atoms with van der Waals surface area (Å²) in [5, 5.41) is 6.05. The SMILES string of the molecule is C=CCNC(=O)c1nc(C(=O)Nc2cccc(Cl)c2Cl)n2c1CCCC2. The van der Waals surface area contributed by atoms with Crippen molar-refractivity contribution in [2.24, 2.45) is 0 Å². The zero-order valence-electron chi connectivity index (χ0n) is 14.0. The van der Waals surface area contributed by atoms with Crippen LogP contribution in [0, 0.1) is 0 Å². The molecular formula is C18H18Cl2N4O2. The predicted molar refractivity (Wildman–Crippen MR) is 102 cm³/mol. The molecule has 1 aromatic carbocycles. The van der Waals surface area contributed by atoms with Gasteiger partial charge in [-0.05, 0) is 31.4 Å². The summed E-state index contributed by atoms with van der Waals surface area (Å²) in [6.07, 6.45) is 4.17. The number of halogens is 2. The number of amides is 2. The Kier molecular flexibility index (Phi) is 5.64. The molecule has 2 N–H and O–H groups in total. The second kappa shape index (κ2) is 7.93. The van der Waals surface area contributed by atoms with Crippen LogP contribution < -0.4 is 10.6 Å². The van der Waals surface area contributed by atoms with Crippen LogP contribution in [0.25, 0.3) is 0 Å². The lowest BCUT2D eigenvalue weighted by Gasteiger charge is -2.17. The molecule has 0 spiro atoms.